The molecule has 1 saturated heterocycles. The smallest absolute Gasteiger partial charge is 0.242 e. The third kappa shape index (κ3) is 3.45. The molecule has 0 bridgehead atoms. The lowest BCUT2D eigenvalue weighted by Gasteiger charge is -2.32. The summed E-state index contributed by atoms with van der Waals surface area (Å²) in [4.78, 5) is 26.9. The first-order chi connectivity index (χ1) is 12.3. The van der Waals surface area contributed by atoms with Crippen molar-refractivity contribution in [3.63, 3.8) is 0 Å². The van der Waals surface area contributed by atoms with Crippen LogP contribution in [0.5, 0.6) is 5.88 Å². The van der Waals surface area contributed by atoms with Crippen LogP contribution in [0.25, 0.3) is 11.0 Å². The van der Waals surface area contributed by atoms with Crippen LogP contribution < -0.4 is 4.74 Å². The zero-order chi connectivity index (χ0) is 17.1. The minimum absolute atomic E-state index is 0.0351. The van der Waals surface area contributed by atoms with Crippen molar-refractivity contribution < 1.29 is 9.53 Å². The van der Waals surface area contributed by atoms with Crippen LogP contribution in [-0.4, -0.2) is 49.5 Å². The Balaban J connectivity index is 1.41. The van der Waals surface area contributed by atoms with Gasteiger partial charge in [-0.15, -0.1) is 0 Å². The Morgan fingerprint density at radius 2 is 2.16 bits per heavy atom. The van der Waals surface area contributed by atoms with Gasteiger partial charge >= 0.3 is 0 Å². The number of nitrogens with zero attached hydrogens (tertiary/aromatic N) is 5. The van der Waals surface area contributed by atoms with Gasteiger partial charge in [0.15, 0.2) is 0 Å². The monoisotopic (exact) mass is 337 g/mol. The topological polar surface area (TPSA) is 73.1 Å². The molecule has 1 atom stereocenters. The Kier molecular flexibility index (Phi) is 4.28. The number of hydrogen-bond acceptors (Lipinski definition) is 5. The van der Waals surface area contributed by atoms with Crippen molar-refractivity contribution in [1.29, 1.82) is 0 Å². The van der Waals surface area contributed by atoms with E-state index in [0.717, 1.165) is 30.4 Å². The summed E-state index contributed by atoms with van der Waals surface area (Å²) in [5.41, 5.74) is 1.88. The molecular formula is C18H19N5O2. The molecule has 25 heavy (non-hydrogen) atoms. The van der Waals surface area contributed by atoms with E-state index in [9.17, 15) is 4.79 Å². The van der Waals surface area contributed by atoms with Gasteiger partial charge in [-0.2, -0.15) is 0 Å². The first-order valence-corrected chi connectivity index (χ1v) is 8.40. The molecule has 0 saturated carbocycles. The Morgan fingerprint density at radius 3 is 3.04 bits per heavy atom. The largest absolute Gasteiger partial charge is 0.472 e. The van der Waals surface area contributed by atoms with Crippen LogP contribution >= 0.6 is 0 Å². The molecule has 0 spiro atoms. The van der Waals surface area contributed by atoms with Crippen LogP contribution in [-0.2, 0) is 11.3 Å². The predicted octanol–water partition coefficient (Wildman–Crippen LogP) is 1.90. The van der Waals surface area contributed by atoms with Crippen LogP contribution in [0.4, 0.5) is 0 Å². The number of amides is 1. The molecule has 1 aliphatic heterocycles. The number of carbonyl (C=O) groups excluding carboxylic acids is 1. The fraction of sp³-hybridized carbons (Fsp3) is 0.333. The molecule has 128 valence electrons. The second-order valence-electron chi connectivity index (χ2n) is 6.13. The lowest BCUT2D eigenvalue weighted by atomic mass is 10.1. The minimum atomic E-state index is -0.0351. The summed E-state index contributed by atoms with van der Waals surface area (Å²) in [7, 11) is 0. The second-order valence-corrected chi connectivity index (χ2v) is 6.13. The highest BCUT2D eigenvalue weighted by atomic mass is 16.5. The quantitative estimate of drug-likeness (QED) is 0.727. The van der Waals surface area contributed by atoms with E-state index in [0.29, 0.717) is 19.0 Å². The van der Waals surface area contributed by atoms with E-state index in [2.05, 4.69) is 15.0 Å². The molecule has 2 aromatic heterocycles. The lowest BCUT2D eigenvalue weighted by molar-refractivity contribution is -0.134. The van der Waals surface area contributed by atoms with Gasteiger partial charge < -0.3 is 14.2 Å². The molecule has 0 N–H and O–H groups in total. The van der Waals surface area contributed by atoms with Gasteiger partial charge in [-0.05, 0) is 25.0 Å². The highest BCUT2D eigenvalue weighted by Crippen LogP contribution is 2.17. The molecule has 1 fully saturated rings. The summed E-state index contributed by atoms with van der Waals surface area (Å²) < 4.78 is 7.77. The molecule has 0 aliphatic carbocycles. The maximum Gasteiger partial charge on any atom is 0.242 e. The molecule has 1 aromatic carbocycles. The number of likely N-dealkylation sites (tertiary alicyclic amines) is 1. The molecule has 7 nitrogen and oxygen atoms in total. The van der Waals surface area contributed by atoms with E-state index >= 15 is 0 Å². The zero-order valence-electron chi connectivity index (χ0n) is 13.8. The highest BCUT2D eigenvalue weighted by molar-refractivity contribution is 5.80. The Hall–Kier alpha value is -2.96. The van der Waals surface area contributed by atoms with Gasteiger partial charge in [-0.25, -0.2) is 15.0 Å². The highest BCUT2D eigenvalue weighted by Gasteiger charge is 2.25. The lowest BCUT2D eigenvalue weighted by Crippen LogP contribution is -2.45. The van der Waals surface area contributed by atoms with Crippen molar-refractivity contribution in [2.45, 2.75) is 25.5 Å². The summed E-state index contributed by atoms with van der Waals surface area (Å²) >= 11 is 0. The Labute approximate surface area is 145 Å². The maximum atomic E-state index is 12.7. The molecular weight excluding hydrogens is 318 g/mol. The van der Waals surface area contributed by atoms with E-state index in [1.807, 2.05) is 33.7 Å². The van der Waals surface area contributed by atoms with Gasteiger partial charge in [0, 0.05) is 18.8 Å². The minimum Gasteiger partial charge on any atom is -0.472 e. The van der Waals surface area contributed by atoms with Gasteiger partial charge in [0.2, 0.25) is 11.8 Å². The standard InChI is InChI=1S/C18H19N5O2/c24-18(11-23-13-21-15-5-1-2-6-16(15)23)22-9-3-4-14(10-22)25-17-7-8-19-12-20-17/h1-2,5-8,12-14H,3-4,9-11H2/t14-/m1/s1. The molecule has 0 radical (unpaired) electrons. The summed E-state index contributed by atoms with van der Waals surface area (Å²) in [6, 6.07) is 9.56. The van der Waals surface area contributed by atoms with Crippen LogP contribution in [0.2, 0.25) is 0 Å². The fourth-order valence-electron chi connectivity index (χ4n) is 3.16. The molecule has 7 heteroatoms. The predicted molar refractivity (Wildman–Crippen MR) is 92.0 cm³/mol. The number of fused-ring (bicyclic) bond motifs is 1. The number of hydrogen-bond donors (Lipinski definition) is 0. The van der Waals surface area contributed by atoms with Gasteiger partial charge in [-0.3, -0.25) is 4.79 Å². The number of imidazole rings is 1. The van der Waals surface area contributed by atoms with E-state index < -0.39 is 0 Å². The first-order valence-electron chi connectivity index (χ1n) is 8.40. The molecule has 0 unspecified atom stereocenters. The van der Waals surface area contributed by atoms with Crippen molar-refractivity contribution in [1.82, 2.24) is 24.4 Å². The SMILES string of the molecule is O=C(Cn1cnc2ccccc21)N1CCC[C@@H](Oc2ccncn2)C1. The first kappa shape index (κ1) is 15.6. The number of benzene rings is 1. The van der Waals surface area contributed by atoms with Crippen molar-refractivity contribution in [3.05, 3.63) is 49.2 Å². The van der Waals surface area contributed by atoms with Crippen LogP contribution in [0.3, 0.4) is 0 Å². The zero-order valence-corrected chi connectivity index (χ0v) is 13.8. The molecule has 3 aromatic rings. The fourth-order valence-corrected chi connectivity index (χ4v) is 3.16. The number of aromatic nitrogens is 4. The van der Waals surface area contributed by atoms with Gasteiger partial charge in [0.1, 0.15) is 19.0 Å². The van der Waals surface area contributed by atoms with Crippen LogP contribution in [0, 0.1) is 0 Å². The summed E-state index contributed by atoms with van der Waals surface area (Å²) in [6.07, 6.45) is 6.64. The van der Waals surface area contributed by atoms with E-state index in [4.69, 9.17) is 4.74 Å². The van der Waals surface area contributed by atoms with Gasteiger partial charge in [0.05, 0.1) is 23.9 Å². The molecule has 3 heterocycles. The number of para-hydroxylation sites is 2. The number of ether oxygens (including phenoxy) is 1. The molecule has 4 rings (SSSR count). The van der Waals surface area contributed by atoms with Crippen molar-refractivity contribution >= 4 is 16.9 Å². The summed E-state index contributed by atoms with van der Waals surface area (Å²) in [6.45, 7) is 1.63. The Morgan fingerprint density at radius 1 is 1.24 bits per heavy atom. The third-order valence-electron chi connectivity index (χ3n) is 4.41. The number of piperidine rings is 1. The van der Waals surface area contributed by atoms with Crippen molar-refractivity contribution in [2.24, 2.45) is 0 Å². The van der Waals surface area contributed by atoms with E-state index in [1.165, 1.54) is 6.33 Å². The van der Waals surface area contributed by atoms with E-state index in [1.54, 1.807) is 18.6 Å². The molecule has 1 aliphatic rings. The second kappa shape index (κ2) is 6.88. The number of carbonyl (C=O) groups is 1. The summed E-state index contributed by atoms with van der Waals surface area (Å²) in [5, 5.41) is 0. The molecule has 1 amide bonds. The average molecular weight is 337 g/mol. The van der Waals surface area contributed by atoms with Crippen molar-refractivity contribution in [2.75, 3.05) is 13.1 Å². The maximum absolute atomic E-state index is 12.7. The average Bonchev–Trinajstić information content (AvgIpc) is 3.06. The number of rotatable bonds is 4. The normalized spacial score (nSPS) is 17.6. The van der Waals surface area contributed by atoms with Crippen molar-refractivity contribution in [3.8, 4) is 5.88 Å². The van der Waals surface area contributed by atoms with Gasteiger partial charge in [0.25, 0.3) is 0 Å². The van der Waals surface area contributed by atoms with Gasteiger partial charge in [-0.1, -0.05) is 12.1 Å². The van der Waals surface area contributed by atoms with Crippen LogP contribution in [0.15, 0.2) is 49.2 Å². The van der Waals surface area contributed by atoms with E-state index in [-0.39, 0.29) is 12.0 Å². The third-order valence-corrected chi connectivity index (χ3v) is 4.41. The van der Waals surface area contributed by atoms with Crippen LogP contribution in [0.1, 0.15) is 12.8 Å². The summed E-state index contributed by atoms with van der Waals surface area (Å²) in [5.74, 6) is 0.633. The Bertz CT molecular complexity index is 864.